The molecule has 0 amide bonds. The van der Waals surface area contributed by atoms with Crippen LogP contribution in [-0.4, -0.2) is 55.4 Å². The van der Waals surface area contributed by atoms with Gasteiger partial charge in [-0.05, 0) is 0 Å². The monoisotopic (exact) mass is 291 g/mol. The molecule has 0 unspecified atom stereocenters. The van der Waals surface area contributed by atoms with E-state index in [1.165, 1.54) is 0 Å². The van der Waals surface area contributed by atoms with Gasteiger partial charge in [0.1, 0.15) is 0 Å². The van der Waals surface area contributed by atoms with Crippen molar-refractivity contribution in [2.45, 2.75) is 0 Å². The van der Waals surface area contributed by atoms with Crippen LogP contribution in [0.15, 0.2) is 0 Å². The van der Waals surface area contributed by atoms with Crippen LogP contribution in [0.4, 0.5) is 0 Å². The standard InChI is InChI=1S/2ClH.Cu.K.H3N.H2O.2O.V.H/h2*1H;;;1H3;1H2;;;;/q;;+1;;;;;;+1;/p-2. The zero-order valence-corrected chi connectivity index (χ0v) is 7.42. The zero-order valence-electron chi connectivity index (χ0n) is 3.51. The Morgan fingerprint density at radius 1 is 1.33 bits per heavy atom. The number of hydrogen-bond acceptors (Lipinski definition) is 3. The van der Waals surface area contributed by atoms with Crippen LogP contribution in [0.3, 0.4) is 0 Å². The molecule has 0 aromatic heterocycles. The predicted octanol–water partition coefficient (Wildman–Crippen LogP) is -0.175. The average molecular weight is 293 g/mol. The van der Waals surface area contributed by atoms with Crippen LogP contribution < -0.4 is 6.15 Å². The van der Waals surface area contributed by atoms with Crippen molar-refractivity contribution in [2.75, 3.05) is 0 Å². The minimum atomic E-state index is -3.69. The van der Waals surface area contributed by atoms with Crippen LogP contribution >= 0.6 is 22.5 Å². The van der Waals surface area contributed by atoms with Gasteiger partial charge in [-0.3, -0.25) is 0 Å². The fraction of sp³-hybridized carbons (Fsp3) is 0. The third kappa shape index (κ3) is 105. The van der Waals surface area contributed by atoms with Gasteiger partial charge in [-0.15, -0.1) is 12.4 Å². The minimum absolute atomic E-state index is 0. The fourth-order valence-corrected chi connectivity index (χ4v) is 0. The summed E-state index contributed by atoms with van der Waals surface area (Å²) in [7, 11) is 4.20. The van der Waals surface area contributed by atoms with E-state index in [2.05, 4.69) is 25.2 Å². The van der Waals surface area contributed by atoms with Gasteiger partial charge in [0.15, 0.2) is 0 Å². The first-order valence-electron chi connectivity index (χ1n) is 0.679. The van der Waals surface area contributed by atoms with E-state index in [9.17, 15) is 0 Å². The summed E-state index contributed by atoms with van der Waals surface area (Å²) in [6.45, 7) is 0. The van der Waals surface area contributed by atoms with Crippen molar-refractivity contribution in [3.63, 3.8) is 0 Å². The Morgan fingerprint density at radius 3 is 1.33 bits per heavy atom. The second kappa shape index (κ2) is 30.8. The summed E-state index contributed by atoms with van der Waals surface area (Å²) in [5, 5.41) is 0. The third-order valence-corrected chi connectivity index (χ3v) is 0. The SMILES string of the molecule is Cl.N.[Cl][Cu].[KH].[O]=[V](=[O])[OH]. The number of hydrogen-bond donors (Lipinski definition) is 2. The first kappa shape index (κ1) is 29.7. The molecule has 0 heterocycles. The molecule has 0 aromatic rings. The molecule has 0 radical (unpaired) electrons. The molecule has 4 nitrogen and oxygen atoms in total. The summed E-state index contributed by atoms with van der Waals surface area (Å²) in [6, 6.07) is 0. The Morgan fingerprint density at radius 2 is 1.33 bits per heavy atom. The summed E-state index contributed by atoms with van der Waals surface area (Å²) >= 11 is -0.0278. The predicted molar refractivity (Wildman–Crippen MR) is 28.9 cm³/mol. The zero-order chi connectivity index (χ0) is 5.58. The molecule has 0 aromatic carbocycles. The van der Waals surface area contributed by atoms with E-state index in [0.717, 1.165) is 0 Å². The maximum absolute atomic E-state index is 8.67. The van der Waals surface area contributed by atoms with Gasteiger partial charge in [-0.25, -0.2) is 0 Å². The Labute approximate surface area is 119 Å². The third-order valence-electron chi connectivity index (χ3n) is 0. The number of rotatable bonds is 0. The molecule has 0 aliphatic rings. The van der Waals surface area contributed by atoms with E-state index < -0.39 is 15.4 Å². The van der Waals surface area contributed by atoms with Gasteiger partial charge in [0.2, 0.25) is 0 Å². The van der Waals surface area contributed by atoms with Crippen molar-refractivity contribution >= 4 is 73.9 Å². The topological polar surface area (TPSA) is 89.4 Å². The molecule has 9 heteroatoms. The van der Waals surface area contributed by atoms with Crippen molar-refractivity contribution < 1.29 is 41.9 Å². The first-order valence-corrected chi connectivity index (χ1v) is 3.74. The maximum atomic E-state index is 8.67. The van der Waals surface area contributed by atoms with Crippen molar-refractivity contribution in [3.8, 4) is 0 Å². The van der Waals surface area contributed by atoms with Crippen LogP contribution in [0.2, 0.25) is 0 Å². The fourth-order valence-electron chi connectivity index (χ4n) is 0. The van der Waals surface area contributed by atoms with Crippen molar-refractivity contribution in [1.29, 1.82) is 0 Å². The van der Waals surface area contributed by atoms with E-state index in [1.54, 1.807) is 0 Å². The summed E-state index contributed by atoms with van der Waals surface area (Å²) in [5.41, 5.74) is 0. The molecule has 0 bridgehead atoms. The molecule has 0 rings (SSSR count). The molecular weight excluding hydrogens is 286 g/mol. The van der Waals surface area contributed by atoms with Gasteiger partial charge in [0.05, 0.1) is 0 Å². The second-order valence-corrected chi connectivity index (χ2v) is 0.981. The average Bonchev–Trinajstić information content (AvgIpc) is 1.41. The molecule has 9 heavy (non-hydrogen) atoms. The molecule has 4 N–H and O–H groups in total. The van der Waals surface area contributed by atoms with Crippen molar-refractivity contribution in [3.05, 3.63) is 0 Å². The van der Waals surface area contributed by atoms with Crippen LogP contribution in [0, 0.1) is 0 Å². The van der Waals surface area contributed by atoms with E-state index in [-0.39, 0.29) is 69.9 Å². The molecular formula is H6Cl2CuKNO3V. The van der Waals surface area contributed by atoms with Crippen LogP contribution in [0.5, 0.6) is 0 Å². The van der Waals surface area contributed by atoms with E-state index in [4.69, 9.17) is 11.4 Å². The van der Waals surface area contributed by atoms with Crippen LogP contribution in [0.1, 0.15) is 0 Å². The molecule has 60 valence electrons. The quantitative estimate of drug-likeness (QED) is 0.606. The molecule has 0 atom stereocenters. The molecule has 0 saturated heterocycles. The molecule has 0 aliphatic carbocycles. The van der Waals surface area contributed by atoms with E-state index in [0.29, 0.717) is 0 Å². The Balaban J connectivity index is -0.00000000990. The van der Waals surface area contributed by atoms with Gasteiger partial charge >= 0.3 is 103 Å². The van der Waals surface area contributed by atoms with Crippen molar-refractivity contribution in [2.24, 2.45) is 0 Å². The van der Waals surface area contributed by atoms with E-state index >= 15 is 0 Å². The Hall–Kier alpha value is 2.84. The first-order chi connectivity index (χ1) is 2.73. The summed E-state index contributed by atoms with van der Waals surface area (Å²) in [5.74, 6) is 0. The van der Waals surface area contributed by atoms with Crippen LogP contribution in [-0.2, 0) is 37.8 Å². The van der Waals surface area contributed by atoms with Gasteiger partial charge in [-0.1, -0.05) is 0 Å². The summed E-state index contributed by atoms with van der Waals surface area (Å²) < 4.78 is 24.4. The van der Waals surface area contributed by atoms with E-state index in [1.807, 2.05) is 0 Å². The van der Waals surface area contributed by atoms with Crippen molar-refractivity contribution in [1.82, 2.24) is 6.15 Å². The van der Waals surface area contributed by atoms with Gasteiger partial charge in [0, 0.05) is 0 Å². The Kier molecular flexibility index (Phi) is 102. The molecule has 0 spiro atoms. The second-order valence-electron chi connectivity index (χ2n) is 0.238. The number of halogens is 2. The molecule has 0 saturated carbocycles. The van der Waals surface area contributed by atoms with Gasteiger partial charge < -0.3 is 6.15 Å². The molecule has 0 fully saturated rings. The summed E-state index contributed by atoms with van der Waals surface area (Å²) in [4.78, 5) is 0. The van der Waals surface area contributed by atoms with Gasteiger partial charge in [0.25, 0.3) is 0 Å². The van der Waals surface area contributed by atoms with Gasteiger partial charge in [-0.2, -0.15) is 0 Å². The Bertz CT molecular complexity index is 70.2. The normalized spacial score (nSPS) is 3.56. The summed E-state index contributed by atoms with van der Waals surface area (Å²) in [6.07, 6.45) is 0. The molecule has 0 aliphatic heterocycles. The van der Waals surface area contributed by atoms with Crippen LogP contribution in [0.25, 0.3) is 0 Å².